The number of aromatic nitrogens is 2. The van der Waals surface area contributed by atoms with E-state index in [1.807, 2.05) is 0 Å². The molecule has 1 aliphatic rings. The summed E-state index contributed by atoms with van der Waals surface area (Å²) < 4.78 is 6.71. The second-order valence-electron chi connectivity index (χ2n) is 2.15. The summed E-state index contributed by atoms with van der Waals surface area (Å²) in [5.41, 5.74) is 6.13. The molecule has 4 heteroatoms. The van der Waals surface area contributed by atoms with Gasteiger partial charge < -0.3 is 15.0 Å². The second kappa shape index (κ2) is 2.16. The molecule has 0 saturated heterocycles. The Labute approximate surface area is 63.6 Å². The van der Waals surface area contributed by atoms with Gasteiger partial charge in [0.1, 0.15) is 18.2 Å². The van der Waals surface area contributed by atoms with E-state index in [1.165, 1.54) is 6.26 Å². The molecule has 0 aliphatic carbocycles. The molecule has 0 radical (unpaired) electrons. The lowest BCUT2D eigenvalue weighted by molar-refractivity contribution is 0.408. The van der Waals surface area contributed by atoms with Crippen LogP contribution in [0.4, 0.5) is 0 Å². The summed E-state index contributed by atoms with van der Waals surface area (Å²) in [5.74, 6) is 0.707. The van der Waals surface area contributed by atoms with Crippen molar-refractivity contribution in [3.8, 4) is 0 Å². The van der Waals surface area contributed by atoms with Crippen molar-refractivity contribution in [2.45, 2.75) is 0 Å². The maximum absolute atomic E-state index is 5.60. The zero-order valence-electron chi connectivity index (χ0n) is 5.77. The molecule has 1 aromatic heterocycles. The maximum atomic E-state index is 5.60. The Morgan fingerprint density at radius 3 is 3.36 bits per heavy atom. The normalized spacial score (nSPS) is 14.7. The first-order valence-corrected chi connectivity index (χ1v) is 3.19. The molecule has 4 nitrogen and oxygen atoms in total. The summed E-state index contributed by atoms with van der Waals surface area (Å²) in [4.78, 5) is 4.04. The predicted molar refractivity (Wildman–Crippen MR) is 40.8 cm³/mol. The second-order valence-corrected chi connectivity index (χ2v) is 2.15. The van der Waals surface area contributed by atoms with E-state index in [9.17, 15) is 0 Å². The van der Waals surface area contributed by atoms with Gasteiger partial charge in [0, 0.05) is 18.6 Å². The lowest BCUT2D eigenvalue weighted by Crippen LogP contribution is -2.01. The number of ether oxygens (including phenoxy) is 1. The number of fused-ring (bicyclic) bond motifs is 1. The first-order chi connectivity index (χ1) is 5.38. The highest BCUT2D eigenvalue weighted by molar-refractivity contribution is 5.58. The largest absolute Gasteiger partial charge is 0.469 e. The molecule has 1 aromatic rings. The summed E-state index contributed by atoms with van der Waals surface area (Å²) in [7, 11) is 0. The van der Waals surface area contributed by atoms with E-state index in [1.54, 1.807) is 29.4 Å². The number of nitrogens with zero attached hydrogens (tertiary/aromatic N) is 2. The first kappa shape index (κ1) is 6.03. The summed E-state index contributed by atoms with van der Waals surface area (Å²) in [5, 5.41) is 0. The highest BCUT2D eigenvalue weighted by Crippen LogP contribution is 2.10. The molecule has 2 rings (SSSR count). The van der Waals surface area contributed by atoms with Crippen LogP contribution in [0.2, 0.25) is 0 Å². The Hall–Kier alpha value is -1.71. The summed E-state index contributed by atoms with van der Waals surface area (Å²) in [6.45, 7) is 0. The average Bonchev–Trinajstić information content (AvgIpc) is 2.40. The Kier molecular flexibility index (Phi) is 1.18. The van der Waals surface area contributed by atoms with Gasteiger partial charge in [0.05, 0.1) is 0 Å². The molecule has 0 spiro atoms. The molecule has 1 aliphatic heterocycles. The van der Waals surface area contributed by atoms with Crippen LogP contribution < -0.4 is 5.73 Å². The van der Waals surface area contributed by atoms with Gasteiger partial charge in [0.25, 0.3) is 0 Å². The van der Waals surface area contributed by atoms with Gasteiger partial charge in [-0.25, -0.2) is 4.98 Å². The zero-order chi connectivity index (χ0) is 7.68. The molecule has 2 heterocycles. The van der Waals surface area contributed by atoms with Crippen molar-refractivity contribution < 1.29 is 4.74 Å². The number of rotatable bonds is 0. The molecule has 0 atom stereocenters. The van der Waals surface area contributed by atoms with Crippen molar-refractivity contribution in [1.29, 1.82) is 0 Å². The van der Waals surface area contributed by atoms with E-state index >= 15 is 0 Å². The van der Waals surface area contributed by atoms with E-state index < -0.39 is 0 Å². The van der Waals surface area contributed by atoms with Crippen LogP contribution in [-0.4, -0.2) is 9.55 Å². The number of imidazole rings is 1. The van der Waals surface area contributed by atoms with Crippen LogP contribution in [0.25, 0.3) is 11.9 Å². The third-order valence-corrected chi connectivity index (χ3v) is 1.42. The van der Waals surface area contributed by atoms with Crippen LogP contribution in [0.1, 0.15) is 5.82 Å². The molecule has 0 amide bonds. The fourth-order valence-electron chi connectivity index (χ4n) is 0.923. The van der Waals surface area contributed by atoms with E-state index in [-0.39, 0.29) is 0 Å². The first-order valence-electron chi connectivity index (χ1n) is 3.19. The molecule has 2 N–H and O–H groups in total. The molecule has 0 saturated carbocycles. The number of nitrogens with two attached hydrogens (primary N) is 1. The van der Waals surface area contributed by atoms with Gasteiger partial charge >= 0.3 is 0 Å². The van der Waals surface area contributed by atoms with Crippen LogP contribution in [0.15, 0.2) is 24.9 Å². The van der Waals surface area contributed by atoms with Crippen molar-refractivity contribution in [3.05, 3.63) is 30.7 Å². The van der Waals surface area contributed by atoms with E-state index in [0.29, 0.717) is 11.5 Å². The van der Waals surface area contributed by atoms with Crippen molar-refractivity contribution in [2.75, 3.05) is 0 Å². The zero-order valence-corrected chi connectivity index (χ0v) is 5.77. The quantitative estimate of drug-likeness (QED) is 0.587. The van der Waals surface area contributed by atoms with Crippen LogP contribution in [0, 0.1) is 0 Å². The van der Waals surface area contributed by atoms with Gasteiger partial charge in [0.2, 0.25) is 0 Å². The molecule has 56 valence electrons. The van der Waals surface area contributed by atoms with E-state index in [0.717, 1.165) is 0 Å². The predicted octanol–water partition coefficient (Wildman–Crippen LogP) is 0.599. The lowest BCUT2D eigenvalue weighted by atomic mass is 10.5. The average molecular weight is 149 g/mol. The monoisotopic (exact) mass is 149 g/mol. The van der Waals surface area contributed by atoms with E-state index in [2.05, 4.69) is 4.98 Å². The van der Waals surface area contributed by atoms with Gasteiger partial charge in [-0.3, -0.25) is 0 Å². The highest BCUT2D eigenvalue weighted by atomic mass is 16.5. The van der Waals surface area contributed by atoms with Crippen molar-refractivity contribution in [3.63, 3.8) is 0 Å². The molecule has 0 fully saturated rings. The number of hydrogen-bond acceptors (Lipinski definition) is 3. The molecule has 0 unspecified atom stereocenters. The molecule has 0 bridgehead atoms. The van der Waals surface area contributed by atoms with Crippen LogP contribution in [0.3, 0.4) is 0 Å². The third-order valence-electron chi connectivity index (χ3n) is 1.42. The fraction of sp³-hybridized carbons (Fsp3) is 0. The van der Waals surface area contributed by atoms with Crippen molar-refractivity contribution in [1.82, 2.24) is 9.55 Å². The minimum absolute atomic E-state index is 0.528. The molecule has 11 heavy (non-hydrogen) atoms. The maximum Gasteiger partial charge on any atom is 0.163 e. The van der Waals surface area contributed by atoms with Crippen LogP contribution >= 0.6 is 0 Å². The minimum Gasteiger partial charge on any atom is -0.469 e. The summed E-state index contributed by atoms with van der Waals surface area (Å²) in [6.07, 6.45) is 8.25. The fourth-order valence-corrected chi connectivity index (χ4v) is 0.923. The van der Waals surface area contributed by atoms with Crippen molar-refractivity contribution in [2.24, 2.45) is 5.73 Å². The Morgan fingerprint density at radius 2 is 2.45 bits per heavy atom. The Balaban J connectivity index is 2.59. The standard InChI is InChI=1S/C7H7N3O/c8-6-5-11-4-3-10-2-1-9-7(6)10/h1-5H,8H2. The Bertz CT molecular complexity index is 324. The lowest BCUT2D eigenvalue weighted by Gasteiger charge is -1.96. The summed E-state index contributed by atoms with van der Waals surface area (Å²) >= 11 is 0. The SMILES string of the molecule is NC1=COC=Cn2ccnc21. The van der Waals surface area contributed by atoms with Crippen LogP contribution in [-0.2, 0) is 4.74 Å². The van der Waals surface area contributed by atoms with Gasteiger partial charge in [-0.1, -0.05) is 0 Å². The van der Waals surface area contributed by atoms with Gasteiger partial charge in [-0.2, -0.15) is 0 Å². The smallest absolute Gasteiger partial charge is 0.163 e. The molecule has 0 aromatic carbocycles. The van der Waals surface area contributed by atoms with Crippen LogP contribution in [0.5, 0.6) is 0 Å². The topological polar surface area (TPSA) is 53.1 Å². The highest BCUT2D eigenvalue weighted by Gasteiger charge is 2.05. The summed E-state index contributed by atoms with van der Waals surface area (Å²) in [6, 6.07) is 0. The molecular weight excluding hydrogens is 142 g/mol. The van der Waals surface area contributed by atoms with E-state index in [4.69, 9.17) is 10.5 Å². The Morgan fingerprint density at radius 1 is 1.55 bits per heavy atom. The molecular formula is C7H7N3O. The number of hydrogen-bond donors (Lipinski definition) is 1. The third kappa shape index (κ3) is 0.881. The van der Waals surface area contributed by atoms with Crippen molar-refractivity contribution >= 4 is 11.9 Å². The van der Waals surface area contributed by atoms with Gasteiger partial charge in [-0.05, 0) is 0 Å². The van der Waals surface area contributed by atoms with Gasteiger partial charge in [0.15, 0.2) is 5.82 Å². The minimum atomic E-state index is 0.528. The van der Waals surface area contributed by atoms with Gasteiger partial charge in [-0.15, -0.1) is 0 Å².